The maximum absolute atomic E-state index is 14.0. The molecule has 3 aromatic rings. The molecule has 2 amide bonds. The number of rotatable bonds is 11. The molecule has 0 aliphatic carbocycles. The number of halogens is 3. The summed E-state index contributed by atoms with van der Waals surface area (Å²) in [6.45, 7) is 5.13. The van der Waals surface area contributed by atoms with Crippen LogP contribution in [0.4, 0.5) is 5.69 Å². The normalized spacial score (nSPS) is 12.1. The van der Waals surface area contributed by atoms with Crippen LogP contribution in [0.3, 0.4) is 0 Å². The summed E-state index contributed by atoms with van der Waals surface area (Å²) in [4.78, 5) is 28.3. The molecule has 0 aromatic heterocycles. The first-order valence-electron chi connectivity index (χ1n) is 12.3. The van der Waals surface area contributed by atoms with Crippen molar-refractivity contribution in [1.29, 1.82) is 0 Å². The molecule has 0 bridgehead atoms. The first kappa shape index (κ1) is 30.8. The number of nitrogens with one attached hydrogen (secondary N) is 1. The Hall–Kier alpha value is -2.78. The summed E-state index contributed by atoms with van der Waals surface area (Å²) < 4.78 is 28.7. The highest BCUT2D eigenvalue weighted by Gasteiger charge is 2.34. The SMILES string of the molecule is CCNC(=O)C(CC)N(Cc1ccccc1Cl)C(=O)CN(c1cc(Cl)ccc1Cl)S(=O)(=O)c1ccc(C)cc1. The van der Waals surface area contributed by atoms with E-state index in [-0.39, 0.29) is 33.1 Å². The second kappa shape index (κ2) is 13.5. The van der Waals surface area contributed by atoms with Crippen LogP contribution >= 0.6 is 34.8 Å². The zero-order valence-corrected chi connectivity index (χ0v) is 24.9. The third-order valence-electron chi connectivity index (χ3n) is 6.10. The number of carbonyl (C=O) groups excluding carboxylic acids is 2. The van der Waals surface area contributed by atoms with E-state index >= 15 is 0 Å². The summed E-state index contributed by atoms with van der Waals surface area (Å²) in [5.74, 6) is -0.964. The Labute approximate surface area is 244 Å². The van der Waals surface area contributed by atoms with Crippen molar-refractivity contribution in [2.24, 2.45) is 0 Å². The topological polar surface area (TPSA) is 86.8 Å². The molecule has 0 fully saturated rings. The fourth-order valence-corrected chi connectivity index (χ4v) is 6.11. The number of sulfonamides is 1. The van der Waals surface area contributed by atoms with Crippen LogP contribution in [0.25, 0.3) is 0 Å². The van der Waals surface area contributed by atoms with Gasteiger partial charge in [0.2, 0.25) is 11.8 Å². The average molecular weight is 611 g/mol. The Morgan fingerprint density at radius 1 is 0.923 bits per heavy atom. The van der Waals surface area contributed by atoms with Crippen LogP contribution in [-0.2, 0) is 26.2 Å². The quantitative estimate of drug-likeness (QED) is 0.285. The van der Waals surface area contributed by atoms with E-state index in [1.165, 1.54) is 35.2 Å². The summed E-state index contributed by atoms with van der Waals surface area (Å²) >= 11 is 19.0. The van der Waals surface area contributed by atoms with Crippen LogP contribution in [0.1, 0.15) is 31.4 Å². The van der Waals surface area contributed by atoms with Gasteiger partial charge in [0.1, 0.15) is 12.6 Å². The highest BCUT2D eigenvalue weighted by Crippen LogP contribution is 2.33. The fourth-order valence-electron chi connectivity index (χ4n) is 4.05. The maximum atomic E-state index is 14.0. The molecule has 0 spiro atoms. The van der Waals surface area contributed by atoms with Crippen molar-refractivity contribution in [3.05, 3.63) is 92.9 Å². The number of nitrogens with zero attached hydrogens (tertiary/aromatic N) is 2. The molecule has 3 rings (SSSR count). The van der Waals surface area contributed by atoms with Crippen molar-refractivity contribution < 1.29 is 18.0 Å². The second-order valence-corrected chi connectivity index (χ2v) is 12.0. The summed E-state index contributed by atoms with van der Waals surface area (Å²) in [5, 5.41) is 3.52. The molecule has 7 nitrogen and oxygen atoms in total. The number of hydrogen-bond acceptors (Lipinski definition) is 4. The lowest BCUT2D eigenvalue weighted by Crippen LogP contribution is -2.52. The Morgan fingerprint density at radius 3 is 2.21 bits per heavy atom. The van der Waals surface area contributed by atoms with Crippen LogP contribution in [0, 0.1) is 6.92 Å². The van der Waals surface area contributed by atoms with Gasteiger partial charge in [-0.1, -0.05) is 77.6 Å². The van der Waals surface area contributed by atoms with E-state index in [1.54, 1.807) is 50.2 Å². The van der Waals surface area contributed by atoms with E-state index < -0.39 is 28.5 Å². The summed E-state index contributed by atoms with van der Waals surface area (Å²) in [6, 6.07) is 16.7. The number of likely N-dealkylation sites (N-methyl/N-ethyl adjacent to an activating group) is 1. The van der Waals surface area contributed by atoms with Crippen LogP contribution in [-0.4, -0.2) is 44.3 Å². The minimum atomic E-state index is -4.27. The van der Waals surface area contributed by atoms with Crippen molar-refractivity contribution >= 4 is 62.3 Å². The highest BCUT2D eigenvalue weighted by atomic mass is 35.5. The smallest absolute Gasteiger partial charge is 0.264 e. The average Bonchev–Trinajstić information content (AvgIpc) is 2.90. The molecule has 0 saturated carbocycles. The van der Waals surface area contributed by atoms with Gasteiger partial charge in [0.05, 0.1) is 15.6 Å². The summed E-state index contributed by atoms with van der Waals surface area (Å²) in [7, 11) is -4.27. The van der Waals surface area contributed by atoms with Crippen LogP contribution in [0.15, 0.2) is 71.6 Å². The van der Waals surface area contributed by atoms with E-state index in [0.717, 1.165) is 9.87 Å². The van der Waals surface area contributed by atoms with Crippen molar-refractivity contribution in [1.82, 2.24) is 10.2 Å². The van der Waals surface area contributed by atoms with Gasteiger partial charge in [0, 0.05) is 23.1 Å². The van der Waals surface area contributed by atoms with E-state index in [4.69, 9.17) is 34.8 Å². The van der Waals surface area contributed by atoms with Gasteiger partial charge in [-0.15, -0.1) is 0 Å². The molecule has 0 radical (unpaired) electrons. The van der Waals surface area contributed by atoms with Gasteiger partial charge < -0.3 is 10.2 Å². The summed E-state index contributed by atoms with van der Waals surface area (Å²) in [5.41, 5.74) is 1.53. The molecule has 0 aliphatic rings. The van der Waals surface area contributed by atoms with E-state index in [9.17, 15) is 18.0 Å². The zero-order chi connectivity index (χ0) is 28.7. The molecule has 0 saturated heterocycles. The molecule has 0 heterocycles. The lowest BCUT2D eigenvalue weighted by molar-refractivity contribution is -0.140. The largest absolute Gasteiger partial charge is 0.355 e. The molecule has 1 N–H and O–H groups in total. The number of aryl methyl sites for hydroxylation is 1. The third kappa shape index (κ3) is 7.45. The van der Waals surface area contributed by atoms with Crippen molar-refractivity contribution in [3.8, 4) is 0 Å². The number of anilines is 1. The molecule has 208 valence electrons. The summed E-state index contributed by atoms with van der Waals surface area (Å²) in [6.07, 6.45) is 0.296. The fraction of sp³-hybridized carbons (Fsp3) is 0.286. The Balaban J connectivity index is 2.12. The monoisotopic (exact) mass is 609 g/mol. The van der Waals surface area contributed by atoms with Gasteiger partial charge in [-0.05, 0) is 62.2 Å². The number of hydrogen-bond donors (Lipinski definition) is 1. The van der Waals surface area contributed by atoms with Gasteiger partial charge in [-0.3, -0.25) is 13.9 Å². The Bertz CT molecular complexity index is 1430. The van der Waals surface area contributed by atoms with Crippen LogP contribution < -0.4 is 9.62 Å². The Morgan fingerprint density at radius 2 is 1.59 bits per heavy atom. The molecule has 39 heavy (non-hydrogen) atoms. The van der Waals surface area contributed by atoms with E-state index in [0.29, 0.717) is 23.6 Å². The first-order valence-corrected chi connectivity index (χ1v) is 14.9. The minimum Gasteiger partial charge on any atom is -0.355 e. The minimum absolute atomic E-state index is 0.00412. The molecular weight excluding hydrogens is 581 g/mol. The number of carbonyl (C=O) groups is 2. The molecule has 1 atom stereocenters. The molecular formula is C28H30Cl3N3O4S. The third-order valence-corrected chi connectivity index (χ3v) is 8.80. The first-order chi connectivity index (χ1) is 18.5. The lowest BCUT2D eigenvalue weighted by atomic mass is 10.1. The molecule has 3 aromatic carbocycles. The van der Waals surface area contributed by atoms with Gasteiger partial charge in [-0.2, -0.15) is 0 Å². The molecule has 1 unspecified atom stereocenters. The second-order valence-electron chi connectivity index (χ2n) is 8.85. The van der Waals surface area contributed by atoms with E-state index in [1.807, 2.05) is 6.92 Å². The molecule has 11 heteroatoms. The van der Waals surface area contributed by atoms with Gasteiger partial charge >= 0.3 is 0 Å². The maximum Gasteiger partial charge on any atom is 0.264 e. The standard InChI is InChI=1S/C28H30Cl3N3O4S/c1-4-25(28(36)32-5-2)33(17-20-8-6-7-9-23(20)30)27(35)18-34(26-16-21(29)12-15-24(26)31)39(37,38)22-13-10-19(3)11-14-22/h6-16,25H,4-5,17-18H2,1-3H3,(H,32,36). The van der Waals surface area contributed by atoms with Gasteiger partial charge in [0.25, 0.3) is 10.0 Å². The van der Waals surface area contributed by atoms with Crippen LogP contribution in [0.2, 0.25) is 15.1 Å². The lowest BCUT2D eigenvalue weighted by Gasteiger charge is -2.33. The van der Waals surface area contributed by atoms with Crippen LogP contribution in [0.5, 0.6) is 0 Å². The van der Waals surface area contributed by atoms with Gasteiger partial charge in [-0.25, -0.2) is 8.42 Å². The van der Waals surface area contributed by atoms with Crippen molar-refractivity contribution in [2.45, 2.75) is 44.7 Å². The number of amides is 2. The number of benzene rings is 3. The predicted molar refractivity (Wildman–Crippen MR) is 157 cm³/mol. The van der Waals surface area contributed by atoms with Crippen molar-refractivity contribution in [2.75, 3.05) is 17.4 Å². The zero-order valence-electron chi connectivity index (χ0n) is 21.8. The Kier molecular flexibility index (Phi) is 10.7. The van der Waals surface area contributed by atoms with Crippen molar-refractivity contribution in [3.63, 3.8) is 0 Å². The predicted octanol–water partition coefficient (Wildman–Crippen LogP) is 6.09. The van der Waals surface area contributed by atoms with Gasteiger partial charge in [0.15, 0.2) is 0 Å². The van der Waals surface area contributed by atoms with E-state index in [2.05, 4.69) is 5.32 Å². The highest BCUT2D eigenvalue weighted by molar-refractivity contribution is 7.92. The molecule has 0 aliphatic heterocycles.